The molecule has 0 spiro atoms. The van der Waals surface area contributed by atoms with Gasteiger partial charge in [-0.25, -0.2) is 4.79 Å². The zero-order valence-electron chi connectivity index (χ0n) is 12.1. The van der Waals surface area contributed by atoms with Crippen molar-refractivity contribution in [2.75, 3.05) is 0 Å². The highest BCUT2D eigenvalue weighted by Crippen LogP contribution is 2.40. The highest BCUT2D eigenvalue weighted by Gasteiger charge is 2.47. The fraction of sp³-hybridized carbons (Fsp3) is 0.533. The van der Waals surface area contributed by atoms with Gasteiger partial charge >= 0.3 is 5.97 Å². The summed E-state index contributed by atoms with van der Waals surface area (Å²) in [5.41, 5.74) is -0.373. The molecule has 1 heterocycles. The first-order valence-corrected chi connectivity index (χ1v) is 7.30. The molecule has 0 amide bonds. The van der Waals surface area contributed by atoms with Crippen molar-refractivity contribution in [2.45, 2.75) is 51.4 Å². The minimum Gasteiger partial charge on any atom is -0.486 e. The summed E-state index contributed by atoms with van der Waals surface area (Å²) in [7, 11) is 0. The van der Waals surface area contributed by atoms with Crippen LogP contribution in [0, 0.1) is 0 Å². The predicted octanol–water partition coefficient (Wildman–Crippen LogP) is 3.87. The standard InChI is InChI=1S/C15H19BrO4/c1-14(2)8-12(15(3,4)20-14)19-11-6-5-9(13(17)18)7-10(11)16/h5-7,12H,8H2,1-4H3,(H,17,18). The van der Waals surface area contributed by atoms with E-state index in [1.807, 2.05) is 27.7 Å². The first-order valence-electron chi connectivity index (χ1n) is 6.50. The number of benzene rings is 1. The van der Waals surface area contributed by atoms with Crippen LogP contribution in [0.4, 0.5) is 0 Å². The Balaban J connectivity index is 2.21. The lowest BCUT2D eigenvalue weighted by Gasteiger charge is -2.27. The summed E-state index contributed by atoms with van der Waals surface area (Å²) in [6, 6.07) is 4.76. The summed E-state index contributed by atoms with van der Waals surface area (Å²) >= 11 is 3.36. The number of carboxylic acid groups (broad SMARTS) is 1. The van der Waals surface area contributed by atoms with Crippen LogP contribution in [-0.4, -0.2) is 28.4 Å². The fourth-order valence-corrected chi connectivity index (χ4v) is 3.05. The van der Waals surface area contributed by atoms with Gasteiger partial charge < -0.3 is 14.6 Å². The lowest BCUT2D eigenvalue weighted by atomic mass is 9.97. The maximum absolute atomic E-state index is 10.9. The second kappa shape index (κ2) is 5.04. The Morgan fingerprint density at radius 3 is 2.50 bits per heavy atom. The van der Waals surface area contributed by atoms with E-state index in [1.54, 1.807) is 12.1 Å². The van der Waals surface area contributed by atoms with Crippen LogP contribution < -0.4 is 4.74 Å². The van der Waals surface area contributed by atoms with Crippen molar-refractivity contribution >= 4 is 21.9 Å². The summed E-state index contributed by atoms with van der Waals surface area (Å²) in [5, 5.41) is 8.95. The van der Waals surface area contributed by atoms with E-state index in [1.165, 1.54) is 6.07 Å². The Kier molecular flexibility index (Phi) is 3.86. The molecule has 2 rings (SSSR count). The molecule has 1 saturated heterocycles. The van der Waals surface area contributed by atoms with Gasteiger partial charge in [-0.2, -0.15) is 0 Å². The van der Waals surface area contributed by atoms with Crippen molar-refractivity contribution in [3.05, 3.63) is 28.2 Å². The van der Waals surface area contributed by atoms with Gasteiger partial charge in [0.15, 0.2) is 0 Å². The lowest BCUT2D eigenvalue weighted by molar-refractivity contribution is -0.0846. The van der Waals surface area contributed by atoms with Gasteiger partial charge in [0.2, 0.25) is 0 Å². The van der Waals surface area contributed by atoms with Crippen molar-refractivity contribution in [3.8, 4) is 5.75 Å². The Labute approximate surface area is 127 Å². The smallest absolute Gasteiger partial charge is 0.335 e. The Hall–Kier alpha value is -1.07. The number of hydrogen-bond donors (Lipinski definition) is 1. The largest absolute Gasteiger partial charge is 0.486 e. The van der Waals surface area contributed by atoms with E-state index in [-0.39, 0.29) is 22.9 Å². The second-order valence-electron chi connectivity index (χ2n) is 6.23. The van der Waals surface area contributed by atoms with Gasteiger partial charge in [0, 0.05) is 6.42 Å². The number of carboxylic acids is 1. The van der Waals surface area contributed by atoms with Gasteiger partial charge in [0.1, 0.15) is 17.5 Å². The highest BCUT2D eigenvalue weighted by atomic mass is 79.9. The van der Waals surface area contributed by atoms with Crippen LogP contribution in [0.1, 0.15) is 44.5 Å². The third-order valence-corrected chi connectivity index (χ3v) is 4.06. The Morgan fingerprint density at radius 2 is 2.05 bits per heavy atom. The van der Waals surface area contributed by atoms with E-state index in [0.29, 0.717) is 10.2 Å². The van der Waals surface area contributed by atoms with Crippen molar-refractivity contribution in [1.82, 2.24) is 0 Å². The average molecular weight is 343 g/mol. The molecule has 1 unspecified atom stereocenters. The molecule has 20 heavy (non-hydrogen) atoms. The van der Waals surface area contributed by atoms with Crippen LogP contribution in [0.25, 0.3) is 0 Å². The third kappa shape index (κ3) is 3.15. The van der Waals surface area contributed by atoms with Crippen LogP contribution in [0.2, 0.25) is 0 Å². The third-order valence-electron chi connectivity index (χ3n) is 3.44. The maximum atomic E-state index is 10.9. The first-order chi connectivity index (χ1) is 9.11. The number of rotatable bonds is 3. The number of aromatic carboxylic acids is 1. The van der Waals surface area contributed by atoms with Gasteiger partial charge in [-0.1, -0.05) is 0 Å². The summed E-state index contributed by atoms with van der Waals surface area (Å²) < 4.78 is 12.7. The minimum absolute atomic E-state index is 0.0792. The molecule has 1 aromatic rings. The zero-order valence-corrected chi connectivity index (χ0v) is 13.7. The molecule has 1 atom stereocenters. The van der Waals surface area contributed by atoms with Crippen LogP contribution in [-0.2, 0) is 4.74 Å². The van der Waals surface area contributed by atoms with Crippen LogP contribution in [0.5, 0.6) is 5.75 Å². The summed E-state index contributed by atoms with van der Waals surface area (Å²) in [6.07, 6.45) is 0.706. The van der Waals surface area contributed by atoms with Crippen molar-refractivity contribution in [3.63, 3.8) is 0 Å². The molecule has 1 aromatic carbocycles. The Bertz CT molecular complexity index is 537. The minimum atomic E-state index is -0.956. The maximum Gasteiger partial charge on any atom is 0.335 e. The van der Waals surface area contributed by atoms with E-state index < -0.39 is 5.97 Å². The Morgan fingerprint density at radius 1 is 1.40 bits per heavy atom. The molecule has 110 valence electrons. The highest BCUT2D eigenvalue weighted by molar-refractivity contribution is 9.10. The molecule has 0 saturated carbocycles. The lowest BCUT2D eigenvalue weighted by Crippen LogP contribution is -2.36. The van der Waals surface area contributed by atoms with Crippen molar-refractivity contribution in [1.29, 1.82) is 0 Å². The quantitative estimate of drug-likeness (QED) is 0.905. The molecule has 1 fully saturated rings. The van der Waals surface area contributed by atoms with Crippen LogP contribution >= 0.6 is 15.9 Å². The van der Waals surface area contributed by atoms with Gasteiger partial charge in [0.25, 0.3) is 0 Å². The molecule has 0 aliphatic carbocycles. The van der Waals surface area contributed by atoms with Gasteiger partial charge in [0.05, 0.1) is 15.6 Å². The van der Waals surface area contributed by atoms with E-state index >= 15 is 0 Å². The molecule has 4 nitrogen and oxygen atoms in total. The van der Waals surface area contributed by atoms with Crippen LogP contribution in [0.15, 0.2) is 22.7 Å². The molecule has 1 N–H and O–H groups in total. The van der Waals surface area contributed by atoms with Gasteiger partial charge in [-0.05, 0) is 61.8 Å². The molecule has 1 aliphatic heterocycles. The molecule has 5 heteroatoms. The molecule has 0 radical (unpaired) electrons. The number of ether oxygens (including phenoxy) is 2. The zero-order chi connectivity index (χ0) is 15.1. The molecular weight excluding hydrogens is 324 g/mol. The predicted molar refractivity (Wildman–Crippen MR) is 79.4 cm³/mol. The monoisotopic (exact) mass is 342 g/mol. The van der Waals surface area contributed by atoms with Gasteiger partial charge in [-0.3, -0.25) is 0 Å². The number of hydrogen-bond acceptors (Lipinski definition) is 3. The first kappa shape index (κ1) is 15.3. The fourth-order valence-electron chi connectivity index (χ4n) is 2.58. The molecule has 1 aliphatic rings. The second-order valence-corrected chi connectivity index (χ2v) is 7.08. The van der Waals surface area contributed by atoms with E-state index in [0.717, 1.165) is 6.42 Å². The molecule has 0 bridgehead atoms. The van der Waals surface area contributed by atoms with Crippen molar-refractivity contribution in [2.24, 2.45) is 0 Å². The summed E-state index contributed by atoms with van der Waals surface area (Å²) in [4.78, 5) is 10.9. The van der Waals surface area contributed by atoms with E-state index in [9.17, 15) is 4.79 Å². The number of halogens is 1. The van der Waals surface area contributed by atoms with E-state index in [2.05, 4.69) is 15.9 Å². The normalized spacial score (nSPS) is 23.6. The van der Waals surface area contributed by atoms with Crippen molar-refractivity contribution < 1.29 is 19.4 Å². The molecule has 0 aromatic heterocycles. The topological polar surface area (TPSA) is 55.8 Å². The number of carbonyl (C=O) groups is 1. The van der Waals surface area contributed by atoms with Crippen LogP contribution in [0.3, 0.4) is 0 Å². The van der Waals surface area contributed by atoms with E-state index in [4.69, 9.17) is 14.6 Å². The SMILES string of the molecule is CC1(C)CC(Oc2ccc(C(=O)O)cc2Br)C(C)(C)O1. The average Bonchev–Trinajstić information content (AvgIpc) is 2.49. The summed E-state index contributed by atoms with van der Waals surface area (Å²) in [6.45, 7) is 8.10. The summed E-state index contributed by atoms with van der Waals surface area (Å²) in [5.74, 6) is -0.322. The van der Waals surface area contributed by atoms with Gasteiger partial charge in [-0.15, -0.1) is 0 Å². The molecular formula is C15H19BrO4.